The second-order valence-electron chi connectivity index (χ2n) is 9.13. The molecule has 3 aromatic rings. The Kier molecular flexibility index (Phi) is 5.91. The van der Waals surface area contributed by atoms with Gasteiger partial charge in [0.05, 0.1) is 16.8 Å². The molecule has 1 fully saturated rings. The van der Waals surface area contributed by atoms with Gasteiger partial charge in [-0.25, -0.2) is 0 Å². The summed E-state index contributed by atoms with van der Waals surface area (Å²) >= 11 is 0. The number of pyridine rings is 1. The number of alkyl halides is 3. The summed E-state index contributed by atoms with van der Waals surface area (Å²) in [6.45, 7) is 5.54. The minimum atomic E-state index is -4.62. The van der Waals surface area contributed by atoms with E-state index in [1.54, 1.807) is 18.2 Å². The number of anilines is 1. The molecule has 1 unspecified atom stereocenters. The number of nitrogens with one attached hydrogen (secondary N) is 4. The highest BCUT2D eigenvalue weighted by molar-refractivity contribution is 6.00. The molecule has 1 spiro atoms. The van der Waals surface area contributed by atoms with Crippen LogP contribution in [0.3, 0.4) is 0 Å². The SMILES string of the molecule is C=CC(=O)Nc1cc(-c2cc(-c3cc4c([nH]3)C3(CCCNC3)CNC4=O)ccn2)cc(C(F)(F)F)c1. The summed E-state index contributed by atoms with van der Waals surface area (Å²) in [5, 5.41) is 8.79. The van der Waals surface area contributed by atoms with Gasteiger partial charge in [-0.05, 0) is 61.9 Å². The van der Waals surface area contributed by atoms with Gasteiger partial charge in [0, 0.05) is 52.9 Å². The Morgan fingerprint density at radius 2 is 1.97 bits per heavy atom. The Morgan fingerprint density at radius 1 is 1.14 bits per heavy atom. The molecule has 4 N–H and O–H groups in total. The number of hydrogen-bond acceptors (Lipinski definition) is 4. The quantitative estimate of drug-likeness (QED) is 0.407. The van der Waals surface area contributed by atoms with Crippen molar-refractivity contribution in [3.05, 3.63) is 72.1 Å². The molecule has 0 saturated carbocycles. The molecule has 1 saturated heterocycles. The molecule has 2 aliphatic rings. The van der Waals surface area contributed by atoms with Crippen LogP contribution in [0.1, 0.15) is 34.5 Å². The van der Waals surface area contributed by atoms with E-state index >= 15 is 0 Å². The molecule has 1 atom stereocenters. The van der Waals surface area contributed by atoms with Gasteiger partial charge < -0.3 is 20.9 Å². The number of hydrogen-bond donors (Lipinski definition) is 4. The van der Waals surface area contributed by atoms with E-state index < -0.39 is 17.6 Å². The smallest absolute Gasteiger partial charge is 0.357 e. The number of amides is 2. The molecule has 7 nitrogen and oxygen atoms in total. The molecule has 2 aliphatic heterocycles. The maximum absolute atomic E-state index is 13.6. The maximum Gasteiger partial charge on any atom is 0.416 e. The van der Waals surface area contributed by atoms with Crippen molar-refractivity contribution in [3.63, 3.8) is 0 Å². The van der Waals surface area contributed by atoms with E-state index in [0.29, 0.717) is 29.1 Å². The number of carbonyl (C=O) groups is 2. The zero-order valence-corrected chi connectivity index (χ0v) is 19.3. The summed E-state index contributed by atoms with van der Waals surface area (Å²) in [5.74, 6) is -0.776. The van der Waals surface area contributed by atoms with Crippen LogP contribution in [0.4, 0.5) is 18.9 Å². The number of benzene rings is 1. The van der Waals surface area contributed by atoms with Crippen molar-refractivity contribution in [3.8, 4) is 22.5 Å². The molecule has 186 valence electrons. The van der Waals surface area contributed by atoms with Gasteiger partial charge in [0.15, 0.2) is 0 Å². The Hall–Kier alpha value is -3.92. The highest BCUT2D eigenvalue weighted by Gasteiger charge is 2.42. The lowest BCUT2D eigenvalue weighted by Crippen LogP contribution is -2.54. The second kappa shape index (κ2) is 8.94. The number of piperidine rings is 1. The number of aromatic nitrogens is 2. The van der Waals surface area contributed by atoms with Gasteiger partial charge in [-0.3, -0.25) is 14.6 Å². The second-order valence-corrected chi connectivity index (χ2v) is 9.13. The monoisotopic (exact) mass is 495 g/mol. The molecule has 0 aliphatic carbocycles. The third-order valence-corrected chi connectivity index (χ3v) is 6.73. The van der Waals surface area contributed by atoms with Crippen molar-refractivity contribution >= 4 is 17.5 Å². The van der Waals surface area contributed by atoms with Crippen molar-refractivity contribution in [2.75, 3.05) is 25.0 Å². The largest absolute Gasteiger partial charge is 0.416 e. The van der Waals surface area contributed by atoms with Gasteiger partial charge in [-0.15, -0.1) is 0 Å². The lowest BCUT2D eigenvalue weighted by atomic mass is 9.74. The fourth-order valence-corrected chi connectivity index (χ4v) is 4.93. The molecule has 0 bridgehead atoms. The van der Waals surface area contributed by atoms with Crippen molar-refractivity contribution < 1.29 is 22.8 Å². The third-order valence-electron chi connectivity index (χ3n) is 6.73. The van der Waals surface area contributed by atoms with Gasteiger partial charge in [0.2, 0.25) is 5.91 Å². The van der Waals surface area contributed by atoms with Crippen LogP contribution in [0.15, 0.2) is 55.3 Å². The number of aromatic amines is 1. The van der Waals surface area contributed by atoms with Gasteiger partial charge in [0.1, 0.15) is 0 Å². The van der Waals surface area contributed by atoms with Crippen LogP contribution in [-0.2, 0) is 16.4 Å². The van der Waals surface area contributed by atoms with Gasteiger partial charge in [-0.2, -0.15) is 13.2 Å². The zero-order valence-electron chi connectivity index (χ0n) is 19.3. The average Bonchev–Trinajstić information content (AvgIpc) is 3.34. The maximum atomic E-state index is 13.6. The molecule has 4 heterocycles. The Labute approximate surface area is 205 Å². The lowest BCUT2D eigenvalue weighted by Gasteiger charge is -2.40. The van der Waals surface area contributed by atoms with Crippen LogP contribution in [0.5, 0.6) is 0 Å². The first-order valence-electron chi connectivity index (χ1n) is 11.5. The molecule has 2 aromatic heterocycles. The zero-order chi connectivity index (χ0) is 25.5. The number of halogens is 3. The summed E-state index contributed by atoms with van der Waals surface area (Å²) in [5.41, 5.74) is 2.13. The lowest BCUT2D eigenvalue weighted by molar-refractivity contribution is -0.137. The van der Waals surface area contributed by atoms with Crippen LogP contribution >= 0.6 is 0 Å². The Morgan fingerprint density at radius 3 is 2.69 bits per heavy atom. The Bertz CT molecular complexity index is 1360. The topological polar surface area (TPSA) is 98.9 Å². The van der Waals surface area contributed by atoms with E-state index in [-0.39, 0.29) is 22.6 Å². The normalized spacial score (nSPS) is 19.5. The van der Waals surface area contributed by atoms with Crippen molar-refractivity contribution in [2.24, 2.45) is 0 Å². The van der Waals surface area contributed by atoms with E-state index in [1.807, 2.05) is 0 Å². The summed E-state index contributed by atoms with van der Waals surface area (Å²) in [6, 6.07) is 8.46. The van der Waals surface area contributed by atoms with Crippen LogP contribution in [0.2, 0.25) is 0 Å². The molecular weight excluding hydrogens is 471 g/mol. The number of fused-ring (bicyclic) bond motifs is 2. The van der Waals surface area contributed by atoms with Crippen LogP contribution < -0.4 is 16.0 Å². The minimum Gasteiger partial charge on any atom is -0.357 e. The minimum absolute atomic E-state index is 0.0179. The van der Waals surface area contributed by atoms with E-state index in [4.69, 9.17) is 0 Å². The summed E-state index contributed by atoms with van der Waals surface area (Å²) in [6.07, 6.45) is -0.210. The van der Waals surface area contributed by atoms with Gasteiger partial charge >= 0.3 is 6.18 Å². The number of nitrogens with zero attached hydrogens (tertiary/aromatic N) is 1. The third kappa shape index (κ3) is 4.39. The van der Waals surface area contributed by atoms with Crippen molar-refractivity contribution in [2.45, 2.75) is 24.4 Å². The first-order valence-corrected chi connectivity index (χ1v) is 11.5. The first-order chi connectivity index (χ1) is 17.2. The van der Waals surface area contributed by atoms with E-state index in [0.717, 1.165) is 49.8 Å². The molecule has 0 radical (unpaired) electrons. The van der Waals surface area contributed by atoms with Gasteiger partial charge in [-0.1, -0.05) is 6.58 Å². The summed E-state index contributed by atoms with van der Waals surface area (Å²) in [4.78, 5) is 32.0. The molecule has 10 heteroatoms. The van der Waals surface area contributed by atoms with Crippen molar-refractivity contribution in [1.82, 2.24) is 20.6 Å². The molecule has 36 heavy (non-hydrogen) atoms. The summed E-state index contributed by atoms with van der Waals surface area (Å²) in [7, 11) is 0. The molecule has 5 rings (SSSR count). The van der Waals surface area contributed by atoms with Crippen LogP contribution in [-0.4, -0.2) is 41.4 Å². The molecule has 1 aromatic carbocycles. The highest BCUT2D eigenvalue weighted by atomic mass is 19.4. The van der Waals surface area contributed by atoms with Crippen molar-refractivity contribution in [1.29, 1.82) is 0 Å². The average molecular weight is 496 g/mol. The van der Waals surface area contributed by atoms with E-state index in [9.17, 15) is 22.8 Å². The summed E-state index contributed by atoms with van der Waals surface area (Å²) < 4.78 is 40.7. The van der Waals surface area contributed by atoms with Gasteiger partial charge in [0.25, 0.3) is 5.91 Å². The first kappa shape index (κ1) is 23.8. The molecule has 2 amide bonds. The van der Waals surface area contributed by atoms with E-state index in [2.05, 4.69) is 32.5 Å². The van der Waals surface area contributed by atoms with Crippen LogP contribution in [0.25, 0.3) is 22.5 Å². The standard InChI is InChI=1S/C26H24F3N5O2/c1-2-22(35)33-18-9-16(8-17(11-18)26(27,28)29)20-10-15(4-7-31-20)21-12-19-23(34-21)25(14-32-24(19)36)5-3-6-30-13-25/h2,4,7-12,30,34H,1,3,5-6,13-14H2,(H,32,36)(H,33,35). The van der Waals surface area contributed by atoms with E-state index in [1.165, 1.54) is 12.3 Å². The predicted octanol–water partition coefficient (Wildman–Crippen LogP) is 4.25. The fourth-order valence-electron chi connectivity index (χ4n) is 4.93. The predicted molar refractivity (Wildman–Crippen MR) is 129 cm³/mol. The Balaban J connectivity index is 1.56. The fraction of sp³-hybridized carbons (Fsp3) is 0.269. The number of rotatable bonds is 4. The number of carbonyl (C=O) groups excluding carboxylic acids is 2. The highest BCUT2D eigenvalue weighted by Crippen LogP contribution is 2.39. The number of H-pyrrole nitrogens is 1. The molecular formula is C26H24F3N5O2. The van der Waals surface area contributed by atoms with Crippen LogP contribution in [0, 0.1) is 0 Å².